The molecule has 1 aliphatic heterocycles. The highest BCUT2D eigenvalue weighted by Crippen LogP contribution is 2.39. The minimum Gasteiger partial charge on any atom is -0.507 e. The molecule has 29 heavy (non-hydrogen) atoms. The number of methoxy groups -OCH3 is 1. The minimum absolute atomic E-state index is 0.134. The lowest BCUT2D eigenvalue weighted by atomic mass is 9.72. The van der Waals surface area contributed by atoms with Crippen LogP contribution in [0.5, 0.6) is 11.5 Å². The van der Waals surface area contributed by atoms with Crippen molar-refractivity contribution >= 4 is 15.9 Å². The van der Waals surface area contributed by atoms with Gasteiger partial charge in [-0.2, -0.15) is 0 Å². The fourth-order valence-electron chi connectivity index (χ4n) is 3.99. The van der Waals surface area contributed by atoms with Crippen LogP contribution >= 0.6 is 0 Å². The van der Waals surface area contributed by atoms with Crippen molar-refractivity contribution in [1.29, 1.82) is 0 Å². The largest absolute Gasteiger partial charge is 0.507 e. The Morgan fingerprint density at radius 3 is 2.41 bits per heavy atom. The van der Waals surface area contributed by atoms with Gasteiger partial charge in [-0.25, -0.2) is 13.6 Å². The minimum atomic E-state index is -4.19. The van der Waals surface area contributed by atoms with Gasteiger partial charge < -0.3 is 20.5 Å². The number of aromatic hydroxyl groups is 1. The Morgan fingerprint density at radius 2 is 1.83 bits per heavy atom. The fraction of sp³-hybridized carbons (Fsp3) is 0.350. The first kappa shape index (κ1) is 21.1. The van der Waals surface area contributed by atoms with Gasteiger partial charge in [-0.1, -0.05) is 36.4 Å². The van der Waals surface area contributed by atoms with Crippen LogP contribution in [-0.2, 0) is 15.4 Å². The highest BCUT2D eigenvalue weighted by Gasteiger charge is 2.48. The molecule has 3 rings (SSSR count). The van der Waals surface area contributed by atoms with Gasteiger partial charge in [0.25, 0.3) is 5.91 Å². The average Bonchev–Trinajstić information content (AvgIpc) is 2.72. The summed E-state index contributed by atoms with van der Waals surface area (Å²) in [6.45, 7) is 1.16. The molecule has 0 aliphatic carbocycles. The molecule has 0 aromatic heterocycles. The number of hydrogen-bond donors (Lipinski definition) is 4. The van der Waals surface area contributed by atoms with Crippen molar-refractivity contribution in [2.75, 3.05) is 20.2 Å². The van der Waals surface area contributed by atoms with Gasteiger partial charge in [0.1, 0.15) is 17.1 Å². The topological polar surface area (TPSA) is 131 Å². The summed E-state index contributed by atoms with van der Waals surface area (Å²) >= 11 is 0. The normalized spacial score (nSPS) is 17.3. The Morgan fingerprint density at radius 1 is 1.17 bits per heavy atom. The number of carbonyl (C=O) groups excluding carboxylic acids is 1. The summed E-state index contributed by atoms with van der Waals surface area (Å²) in [6.07, 6.45) is 0.937. The van der Waals surface area contributed by atoms with Gasteiger partial charge in [-0.3, -0.25) is 4.79 Å². The molecule has 8 nitrogen and oxygen atoms in total. The van der Waals surface area contributed by atoms with Crippen LogP contribution in [0.4, 0.5) is 0 Å². The number of carbonyl (C=O) groups is 1. The summed E-state index contributed by atoms with van der Waals surface area (Å²) in [7, 11) is -2.83. The Labute approximate surface area is 170 Å². The lowest BCUT2D eigenvalue weighted by Crippen LogP contribution is -2.60. The zero-order chi connectivity index (χ0) is 21.1. The zero-order valence-electron chi connectivity index (χ0n) is 16.1. The molecule has 9 heteroatoms. The van der Waals surface area contributed by atoms with Crippen LogP contribution in [-0.4, -0.2) is 45.0 Å². The van der Waals surface area contributed by atoms with Gasteiger partial charge in [0.2, 0.25) is 10.0 Å². The third-order valence-electron chi connectivity index (χ3n) is 5.39. The molecular weight excluding hydrogens is 394 g/mol. The summed E-state index contributed by atoms with van der Waals surface area (Å²) in [5.74, 6) is -0.948. The summed E-state index contributed by atoms with van der Waals surface area (Å²) in [4.78, 5) is 13.0. The maximum atomic E-state index is 13.0. The van der Waals surface area contributed by atoms with E-state index in [1.165, 1.54) is 25.3 Å². The molecule has 5 N–H and O–H groups in total. The van der Waals surface area contributed by atoms with E-state index in [0.717, 1.165) is 5.56 Å². The molecular formula is C20H25N3O5S. The quantitative estimate of drug-likeness (QED) is 0.554. The first-order valence-electron chi connectivity index (χ1n) is 9.24. The average molecular weight is 420 g/mol. The number of hydrogen-bond acceptors (Lipinski definition) is 6. The summed E-state index contributed by atoms with van der Waals surface area (Å²) in [5, 5.41) is 20.2. The van der Waals surface area contributed by atoms with E-state index in [4.69, 9.17) is 9.88 Å². The van der Waals surface area contributed by atoms with Gasteiger partial charge in [-0.15, -0.1) is 0 Å². The molecule has 1 atom stereocenters. The number of phenolic OH excluding ortho intramolecular Hbond substituents is 1. The zero-order valence-corrected chi connectivity index (χ0v) is 16.9. The monoisotopic (exact) mass is 419 g/mol. The predicted molar refractivity (Wildman–Crippen MR) is 109 cm³/mol. The van der Waals surface area contributed by atoms with Crippen molar-refractivity contribution in [1.82, 2.24) is 10.6 Å². The van der Waals surface area contributed by atoms with Gasteiger partial charge in [0.05, 0.1) is 7.11 Å². The van der Waals surface area contributed by atoms with E-state index in [1.807, 2.05) is 30.3 Å². The molecule has 0 saturated carbocycles. The van der Waals surface area contributed by atoms with E-state index in [1.54, 1.807) is 0 Å². The van der Waals surface area contributed by atoms with Crippen LogP contribution in [0.25, 0.3) is 0 Å². The van der Waals surface area contributed by atoms with Gasteiger partial charge in [-0.05, 0) is 43.6 Å². The van der Waals surface area contributed by atoms with E-state index < -0.39 is 26.7 Å². The molecule has 0 bridgehead atoms. The van der Waals surface area contributed by atoms with E-state index in [0.29, 0.717) is 25.9 Å². The van der Waals surface area contributed by atoms with Crippen molar-refractivity contribution in [2.24, 2.45) is 5.14 Å². The first-order valence-corrected chi connectivity index (χ1v) is 10.9. The van der Waals surface area contributed by atoms with Crippen LogP contribution in [0.2, 0.25) is 0 Å². The van der Waals surface area contributed by atoms with Crippen LogP contribution in [0, 0.1) is 0 Å². The molecule has 1 aliphatic rings. The van der Waals surface area contributed by atoms with Gasteiger partial charge in [0.15, 0.2) is 5.37 Å². The third-order valence-corrected chi connectivity index (χ3v) is 6.61. The Balaban J connectivity index is 2.08. The summed E-state index contributed by atoms with van der Waals surface area (Å²) in [6, 6.07) is 13.6. The Bertz CT molecular complexity index is 973. The second kappa shape index (κ2) is 8.40. The number of nitrogens with two attached hydrogens (primary N) is 1. The van der Waals surface area contributed by atoms with Crippen LogP contribution in [0.15, 0.2) is 48.5 Å². The predicted octanol–water partition coefficient (Wildman–Crippen LogP) is 1.07. The molecule has 1 amide bonds. The summed E-state index contributed by atoms with van der Waals surface area (Å²) < 4.78 is 30.5. The number of primary sulfonamides is 1. The van der Waals surface area contributed by atoms with Crippen molar-refractivity contribution < 1.29 is 23.1 Å². The highest BCUT2D eigenvalue weighted by atomic mass is 32.2. The van der Waals surface area contributed by atoms with Gasteiger partial charge >= 0.3 is 0 Å². The molecule has 156 valence electrons. The van der Waals surface area contributed by atoms with E-state index >= 15 is 0 Å². The maximum absolute atomic E-state index is 13.0. The van der Waals surface area contributed by atoms with Crippen LogP contribution in [0.3, 0.4) is 0 Å². The molecule has 0 radical (unpaired) electrons. The standard InChI is InChI=1S/C20H25N3O5S/c1-28-16-9-5-8-15(24)17(16)18(25)23-19(29(21,26)27)20(10-12-22-13-11-20)14-6-3-2-4-7-14/h2-9,19,22,24H,10-13H2,1H3,(H,23,25)(H2,21,26,27). The van der Waals surface area contributed by atoms with Crippen molar-refractivity contribution in [3.8, 4) is 11.5 Å². The number of nitrogens with one attached hydrogen (secondary N) is 2. The van der Waals surface area contributed by atoms with Gasteiger partial charge in [0, 0.05) is 5.41 Å². The molecule has 1 fully saturated rings. The smallest absolute Gasteiger partial charge is 0.259 e. The fourth-order valence-corrected chi connectivity index (χ4v) is 5.26. The van der Waals surface area contributed by atoms with Crippen molar-refractivity contribution in [3.63, 3.8) is 0 Å². The first-order chi connectivity index (χ1) is 13.8. The van der Waals surface area contributed by atoms with Crippen molar-refractivity contribution in [3.05, 3.63) is 59.7 Å². The van der Waals surface area contributed by atoms with E-state index in [9.17, 15) is 18.3 Å². The highest BCUT2D eigenvalue weighted by molar-refractivity contribution is 7.89. The second-order valence-corrected chi connectivity index (χ2v) is 8.72. The third kappa shape index (κ3) is 4.21. The number of piperidine rings is 1. The summed E-state index contributed by atoms with van der Waals surface area (Å²) in [5.41, 5.74) is -0.265. The Hall–Kier alpha value is -2.62. The SMILES string of the molecule is COc1cccc(O)c1C(=O)NC(C1(c2ccccc2)CCNCC1)S(N)(=O)=O. The van der Waals surface area contributed by atoms with Crippen LogP contribution < -0.4 is 20.5 Å². The number of phenols is 1. The number of benzene rings is 2. The lowest BCUT2D eigenvalue weighted by Gasteiger charge is -2.43. The number of ether oxygens (including phenoxy) is 1. The number of amides is 1. The lowest BCUT2D eigenvalue weighted by molar-refractivity contribution is 0.0919. The second-order valence-electron chi connectivity index (χ2n) is 7.07. The Kier molecular flexibility index (Phi) is 6.11. The van der Waals surface area contributed by atoms with E-state index in [-0.39, 0.29) is 17.1 Å². The number of rotatable bonds is 6. The maximum Gasteiger partial charge on any atom is 0.259 e. The van der Waals surface area contributed by atoms with Crippen LogP contribution in [0.1, 0.15) is 28.8 Å². The molecule has 1 heterocycles. The number of sulfonamides is 1. The molecule has 1 unspecified atom stereocenters. The van der Waals surface area contributed by atoms with Crippen molar-refractivity contribution in [2.45, 2.75) is 23.6 Å². The molecule has 2 aromatic rings. The molecule has 0 spiro atoms. The molecule has 2 aromatic carbocycles. The molecule has 1 saturated heterocycles. The van der Waals surface area contributed by atoms with E-state index in [2.05, 4.69) is 10.6 Å².